The molecule has 2 aromatic heterocycles. The Labute approximate surface area is 126 Å². The molecule has 0 saturated carbocycles. The van der Waals surface area contributed by atoms with Gasteiger partial charge in [-0.1, -0.05) is 18.2 Å². The molecule has 1 aromatic carbocycles. The molecule has 0 bridgehead atoms. The Bertz CT molecular complexity index is 740. The van der Waals surface area contributed by atoms with Crippen LogP contribution in [-0.4, -0.2) is 5.11 Å². The van der Waals surface area contributed by atoms with E-state index in [2.05, 4.69) is 41.1 Å². The molecular weight excluding hydrogens is 284 g/mol. The van der Waals surface area contributed by atoms with Crippen LogP contribution in [0.2, 0.25) is 0 Å². The van der Waals surface area contributed by atoms with E-state index in [9.17, 15) is 5.11 Å². The first-order valence-corrected chi connectivity index (χ1v) is 8.81. The van der Waals surface area contributed by atoms with Crippen molar-refractivity contribution < 1.29 is 5.11 Å². The lowest BCUT2D eigenvalue weighted by Gasteiger charge is -2.27. The van der Waals surface area contributed by atoms with Gasteiger partial charge in [-0.3, -0.25) is 0 Å². The molecule has 4 rings (SSSR count). The minimum Gasteiger partial charge on any atom is -0.388 e. The summed E-state index contributed by atoms with van der Waals surface area (Å²) in [5, 5.41) is 16.5. The molecule has 0 amide bonds. The summed E-state index contributed by atoms with van der Waals surface area (Å²) in [5.41, 5.74) is 2.48. The van der Waals surface area contributed by atoms with Crippen LogP contribution >= 0.6 is 22.7 Å². The normalized spacial score (nSPS) is 19.9. The van der Waals surface area contributed by atoms with Gasteiger partial charge in [0.2, 0.25) is 0 Å². The van der Waals surface area contributed by atoms with E-state index in [1.165, 1.54) is 33.4 Å². The Balaban J connectivity index is 1.78. The van der Waals surface area contributed by atoms with Gasteiger partial charge in [-0.2, -0.15) is 0 Å². The van der Waals surface area contributed by atoms with E-state index in [-0.39, 0.29) is 12.0 Å². The number of aryl methyl sites for hydroxylation is 1. The highest BCUT2D eigenvalue weighted by Gasteiger charge is 2.29. The van der Waals surface area contributed by atoms with E-state index in [1.54, 1.807) is 11.3 Å². The molecule has 1 N–H and O–H groups in total. The third-order valence-electron chi connectivity index (χ3n) is 4.31. The van der Waals surface area contributed by atoms with Crippen molar-refractivity contribution in [1.82, 2.24) is 0 Å². The second kappa shape index (κ2) is 4.99. The molecule has 20 heavy (non-hydrogen) atoms. The van der Waals surface area contributed by atoms with Crippen LogP contribution in [0, 0.1) is 0 Å². The quantitative estimate of drug-likeness (QED) is 0.696. The summed E-state index contributed by atoms with van der Waals surface area (Å²) < 4.78 is 1.24. The lowest BCUT2D eigenvalue weighted by molar-refractivity contribution is 0.138. The zero-order valence-electron chi connectivity index (χ0n) is 11.1. The number of benzene rings is 1. The van der Waals surface area contributed by atoms with Crippen LogP contribution in [-0.2, 0) is 6.42 Å². The SMILES string of the molecule is OC(c1cccc2ccsc12)C1CCCc2sccc21. The Morgan fingerprint density at radius 2 is 2.00 bits per heavy atom. The van der Waals surface area contributed by atoms with E-state index in [0.717, 1.165) is 12.0 Å². The van der Waals surface area contributed by atoms with E-state index in [0.29, 0.717) is 0 Å². The molecule has 3 aromatic rings. The minimum atomic E-state index is -0.383. The molecule has 3 heteroatoms. The largest absolute Gasteiger partial charge is 0.388 e. The summed E-state index contributed by atoms with van der Waals surface area (Å²) >= 11 is 3.57. The smallest absolute Gasteiger partial charge is 0.0872 e. The third kappa shape index (κ3) is 1.93. The lowest BCUT2D eigenvalue weighted by Crippen LogP contribution is -2.15. The maximum atomic E-state index is 10.9. The highest BCUT2D eigenvalue weighted by Crippen LogP contribution is 2.44. The summed E-state index contributed by atoms with van der Waals surface area (Å²) in [4.78, 5) is 1.47. The lowest BCUT2D eigenvalue weighted by atomic mass is 9.81. The molecule has 2 unspecified atom stereocenters. The molecule has 0 radical (unpaired) electrons. The van der Waals surface area contributed by atoms with E-state index in [1.807, 2.05) is 11.3 Å². The maximum absolute atomic E-state index is 10.9. The molecule has 0 saturated heterocycles. The summed E-state index contributed by atoms with van der Waals surface area (Å²) in [5.74, 6) is 0.262. The molecule has 102 valence electrons. The number of hydrogen-bond acceptors (Lipinski definition) is 3. The van der Waals surface area contributed by atoms with E-state index >= 15 is 0 Å². The van der Waals surface area contributed by atoms with Gasteiger partial charge >= 0.3 is 0 Å². The number of hydrogen-bond donors (Lipinski definition) is 1. The van der Waals surface area contributed by atoms with Crippen molar-refractivity contribution in [3.63, 3.8) is 0 Å². The Hall–Kier alpha value is -1.16. The van der Waals surface area contributed by atoms with Crippen LogP contribution in [0.1, 0.15) is 40.9 Å². The average molecular weight is 300 g/mol. The maximum Gasteiger partial charge on any atom is 0.0872 e. The highest BCUT2D eigenvalue weighted by atomic mass is 32.1. The average Bonchev–Trinajstić information content (AvgIpc) is 3.13. The van der Waals surface area contributed by atoms with Gasteiger partial charge in [0.15, 0.2) is 0 Å². The first-order valence-electron chi connectivity index (χ1n) is 7.05. The van der Waals surface area contributed by atoms with Gasteiger partial charge in [0.25, 0.3) is 0 Å². The van der Waals surface area contributed by atoms with Crippen LogP contribution < -0.4 is 0 Å². The Morgan fingerprint density at radius 3 is 2.95 bits per heavy atom. The summed E-state index contributed by atoms with van der Waals surface area (Å²) in [6.07, 6.45) is 3.08. The number of rotatable bonds is 2. The van der Waals surface area contributed by atoms with Gasteiger partial charge in [0.1, 0.15) is 0 Å². The van der Waals surface area contributed by atoms with E-state index < -0.39 is 0 Å². The van der Waals surface area contributed by atoms with Crippen molar-refractivity contribution >= 4 is 32.8 Å². The van der Waals surface area contributed by atoms with Crippen LogP contribution in [0.25, 0.3) is 10.1 Å². The summed E-state index contributed by atoms with van der Waals surface area (Å²) in [6, 6.07) is 10.6. The zero-order chi connectivity index (χ0) is 13.5. The van der Waals surface area contributed by atoms with E-state index in [4.69, 9.17) is 0 Å². The second-order valence-electron chi connectivity index (χ2n) is 5.43. The molecule has 0 spiro atoms. The van der Waals surface area contributed by atoms with Crippen molar-refractivity contribution in [2.45, 2.75) is 31.3 Å². The second-order valence-corrected chi connectivity index (χ2v) is 7.35. The fraction of sp³-hybridized carbons (Fsp3) is 0.294. The number of thiophene rings is 2. The third-order valence-corrected chi connectivity index (χ3v) is 6.28. The van der Waals surface area contributed by atoms with Crippen LogP contribution in [0.4, 0.5) is 0 Å². The molecule has 0 fully saturated rings. The zero-order valence-corrected chi connectivity index (χ0v) is 12.7. The molecule has 1 nitrogen and oxygen atoms in total. The fourth-order valence-electron chi connectivity index (χ4n) is 3.32. The fourth-order valence-corrected chi connectivity index (χ4v) is 5.26. The van der Waals surface area contributed by atoms with Crippen molar-refractivity contribution in [3.8, 4) is 0 Å². The van der Waals surface area contributed by atoms with Crippen molar-refractivity contribution in [2.75, 3.05) is 0 Å². The van der Waals surface area contributed by atoms with Gasteiger partial charge in [-0.25, -0.2) is 0 Å². The van der Waals surface area contributed by atoms with Gasteiger partial charge in [-0.15, -0.1) is 22.7 Å². The summed E-state index contributed by atoms with van der Waals surface area (Å²) in [7, 11) is 0. The van der Waals surface area contributed by atoms with Crippen molar-refractivity contribution in [3.05, 3.63) is 57.1 Å². The van der Waals surface area contributed by atoms with Crippen molar-refractivity contribution in [2.24, 2.45) is 0 Å². The van der Waals surface area contributed by atoms with Gasteiger partial charge in [0, 0.05) is 15.5 Å². The number of fused-ring (bicyclic) bond motifs is 2. The minimum absolute atomic E-state index is 0.262. The first kappa shape index (κ1) is 12.6. The first-order chi connectivity index (χ1) is 9.84. The Kier molecular flexibility index (Phi) is 3.14. The number of aliphatic hydroxyl groups excluding tert-OH is 1. The molecule has 0 aliphatic heterocycles. The number of aliphatic hydroxyl groups is 1. The van der Waals surface area contributed by atoms with Gasteiger partial charge in [-0.05, 0) is 58.7 Å². The van der Waals surface area contributed by atoms with Crippen LogP contribution in [0.15, 0.2) is 41.1 Å². The molecule has 1 aliphatic carbocycles. The van der Waals surface area contributed by atoms with Crippen LogP contribution in [0.5, 0.6) is 0 Å². The molecule has 1 aliphatic rings. The highest BCUT2D eigenvalue weighted by molar-refractivity contribution is 7.17. The molecule has 2 atom stereocenters. The predicted octanol–water partition coefficient (Wildman–Crippen LogP) is 5.12. The topological polar surface area (TPSA) is 20.2 Å². The van der Waals surface area contributed by atoms with Crippen LogP contribution in [0.3, 0.4) is 0 Å². The summed E-state index contributed by atoms with van der Waals surface area (Å²) in [6.45, 7) is 0. The van der Waals surface area contributed by atoms with Gasteiger partial charge < -0.3 is 5.11 Å². The molecule has 2 heterocycles. The van der Waals surface area contributed by atoms with Crippen molar-refractivity contribution in [1.29, 1.82) is 0 Å². The van der Waals surface area contributed by atoms with Gasteiger partial charge in [0.05, 0.1) is 6.10 Å². The Morgan fingerprint density at radius 1 is 1.10 bits per heavy atom. The standard InChI is InChI=1S/C17H16OS2/c18-16(13-4-2-6-15-12(13)8-10-19-15)14-5-1-3-11-7-9-20-17(11)14/h1,3,5,7-10,13,16,18H,2,4,6H2. The monoisotopic (exact) mass is 300 g/mol. The predicted molar refractivity (Wildman–Crippen MR) is 86.8 cm³/mol. The molecular formula is C17H16OS2.